The van der Waals surface area contributed by atoms with E-state index in [1.807, 2.05) is 24.5 Å². The number of rotatable bonds is 8. The minimum absolute atomic E-state index is 0.859. The monoisotopic (exact) mass is 1000 g/mol. The van der Waals surface area contributed by atoms with Crippen LogP contribution in [0, 0.1) is 0 Å². The first-order valence-corrected chi connectivity index (χ1v) is 27.0. The second-order valence-corrected chi connectivity index (χ2v) is 20.7. The molecule has 0 aliphatic heterocycles. The molecule has 2 aromatic heterocycles. The van der Waals surface area contributed by atoms with E-state index in [0.717, 1.165) is 100.0 Å². The van der Waals surface area contributed by atoms with Crippen LogP contribution in [0.4, 0.5) is 5.69 Å². The van der Waals surface area contributed by atoms with Crippen LogP contribution >= 0.6 is 0 Å². The van der Waals surface area contributed by atoms with Gasteiger partial charge in [-0.2, -0.15) is 0 Å². The average Bonchev–Trinajstić information content (AvgIpc) is 3.72. The Morgan fingerprint density at radius 2 is 0.709 bits per heavy atom. The molecule has 0 N–H and O–H groups in total. The second-order valence-electron chi connectivity index (χ2n) is 20.7. The van der Waals surface area contributed by atoms with Gasteiger partial charge in [0.15, 0.2) is 0 Å². The van der Waals surface area contributed by atoms with E-state index in [1.54, 1.807) is 0 Å². The van der Waals surface area contributed by atoms with E-state index in [9.17, 15) is 0 Å². The predicted molar refractivity (Wildman–Crippen MR) is 337 cm³/mol. The molecule has 0 aliphatic rings. The molecular weight excluding hydrogens is 955 g/mol. The van der Waals surface area contributed by atoms with Crippen LogP contribution in [0.1, 0.15) is 23.6 Å². The summed E-state index contributed by atoms with van der Waals surface area (Å²) in [5.74, 6) is 0. The lowest BCUT2D eigenvalue weighted by Crippen LogP contribution is -1.98. The smallest absolute Gasteiger partial charge is 0.0790 e. The van der Waals surface area contributed by atoms with Gasteiger partial charge in [0, 0.05) is 51.1 Å². The van der Waals surface area contributed by atoms with Crippen molar-refractivity contribution in [3.05, 3.63) is 290 Å². The third-order valence-electron chi connectivity index (χ3n) is 16.3. The van der Waals surface area contributed by atoms with Crippen molar-refractivity contribution in [1.29, 1.82) is 0 Å². The Morgan fingerprint density at radius 1 is 0.316 bits per heavy atom. The number of para-hydroxylation sites is 2. The van der Waals surface area contributed by atoms with Gasteiger partial charge in [-0.1, -0.05) is 225 Å². The molecule has 3 nitrogen and oxygen atoms in total. The molecule has 0 bridgehead atoms. The zero-order valence-electron chi connectivity index (χ0n) is 43.5. The van der Waals surface area contributed by atoms with Crippen LogP contribution in [-0.4, -0.2) is 15.7 Å². The Kier molecular flexibility index (Phi) is 10.9. The minimum Gasteiger partial charge on any atom is -0.256 e. The Labute approximate surface area is 457 Å². The van der Waals surface area contributed by atoms with Crippen LogP contribution in [-0.2, 0) is 0 Å². The number of hydrogen-bond acceptors (Lipinski definition) is 3. The summed E-state index contributed by atoms with van der Waals surface area (Å²) in [4.78, 5) is 15.4. The maximum absolute atomic E-state index is 5.79. The number of fused-ring (bicyclic) bond motifs is 14. The van der Waals surface area contributed by atoms with Gasteiger partial charge in [-0.25, -0.2) is 0 Å². The van der Waals surface area contributed by atoms with Gasteiger partial charge in [0.05, 0.1) is 16.7 Å². The molecule has 0 atom stereocenters. The topological polar surface area (TPSA) is 38.1 Å². The van der Waals surface area contributed by atoms with Crippen molar-refractivity contribution < 1.29 is 0 Å². The molecule has 0 spiro atoms. The SMILES string of the molecule is C=C(c1ccc(-c2cccc3cccnc23)cc1)c1cc(-c2ccc3c4ccccc4c4ccccc4c3c2)cc(-c2ccc3c4ccccc4c4ccccc4c3c2)c1N=C(C)c1ccc(-c2cccc3cccnc23)cc1. The average molecular weight is 1000 g/mol. The molecule has 79 heavy (non-hydrogen) atoms. The first-order valence-electron chi connectivity index (χ1n) is 27.0. The Hall–Kier alpha value is -10.4. The quantitative estimate of drug-likeness (QED) is 0.112. The molecule has 368 valence electrons. The largest absolute Gasteiger partial charge is 0.256 e. The molecule has 15 aromatic rings. The molecular formula is C76H49N3. The normalized spacial score (nSPS) is 12.0. The Morgan fingerprint density at radius 3 is 1.19 bits per heavy atom. The first kappa shape index (κ1) is 46.0. The zero-order chi connectivity index (χ0) is 52.6. The van der Waals surface area contributed by atoms with Crippen LogP contribution in [0.5, 0.6) is 0 Å². The lowest BCUT2D eigenvalue weighted by molar-refractivity contribution is 1.41. The fourth-order valence-corrected chi connectivity index (χ4v) is 12.3. The van der Waals surface area contributed by atoms with Crippen molar-refractivity contribution >= 4 is 103 Å². The van der Waals surface area contributed by atoms with Gasteiger partial charge in [0.1, 0.15) is 0 Å². The second kappa shape index (κ2) is 18.7. The highest BCUT2D eigenvalue weighted by Gasteiger charge is 2.21. The summed E-state index contributed by atoms with van der Waals surface area (Å²) in [6.45, 7) is 7.12. The standard InChI is InChI=1S/C76H49N3/c1-47(49-29-33-51(34-30-49)58-27-11-15-53-17-13-41-77-74(53)58)70-45-57(55-37-39-68-64-23-5-3-19-60(64)62-21-7-9-25-66(62)72(68)43-55)46-71(56-38-40-69-65-24-6-4-20-61(65)63-22-8-10-26-67(63)73(69)44-56)76(70)79-48(2)50-31-35-52(36-32-50)59-28-12-16-54-18-14-42-78-75(54)59/h3-46H,1H2,2H3. The summed E-state index contributed by atoms with van der Waals surface area (Å²) in [6.07, 6.45) is 3.74. The molecule has 3 heteroatoms. The van der Waals surface area contributed by atoms with E-state index in [1.165, 1.54) is 64.6 Å². The number of pyridine rings is 2. The van der Waals surface area contributed by atoms with Gasteiger partial charge >= 0.3 is 0 Å². The molecule has 0 amide bonds. The van der Waals surface area contributed by atoms with Gasteiger partial charge < -0.3 is 0 Å². The van der Waals surface area contributed by atoms with E-state index >= 15 is 0 Å². The van der Waals surface area contributed by atoms with Crippen molar-refractivity contribution in [2.45, 2.75) is 6.92 Å². The van der Waals surface area contributed by atoms with E-state index in [0.29, 0.717) is 0 Å². The molecule has 0 unspecified atom stereocenters. The van der Waals surface area contributed by atoms with Gasteiger partial charge in [0.25, 0.3) is 0 Å². The third kappa shape index (κ3) is 7.78. The zero-order valence-corrected chi connectivity index (χ0v) is 43.5. The highest BCUT2D eigenvalue weighted by molar-refractivity contribution is 6.27. The summed E-state index contributed by atoms with van der Waals surface area (Å²) in [7, 11) is 0. The third-order valence-corrected chi connectivity index (χ3v) is 16.3. The van der Waals surface area contributed by atoms with Gasteiger partial charge in [-0.05, 0) is 152 Å². The summed E-state index contributed by atoms with van der Waals surface area (Å²) >= 11 is 0. The molecule has 2 heterocycles. The number of hydrogen-bond donors (Lipinski definition) is 0. The number of nitrogens with zero attached hydrogens (tertiary/aromatic N) is 3. The first-order chi connectivity index (χ1) is 39.0. The summed E-state index contributed by atoms with van der Waals surface area (Å²) in [6, 6.07) is 92.5. The number of aliphatic imine (C=N–C) groups is 1. The van der Waals surface area contributed by atoms with Gasteiger partial charge in [0.2, 0.25) is 0 Å². The Bertz CT molecular complexity index is 4950. The summed E-state index contributed by atoms with van der Waals surface area (Å²) < 4.78 is 0. The van der Waals surface area contributed by atoms with Crippen molar-refractivity contribution in [2.75, 3.05) is 0 Å². The molecule has 0 aliphatic carbocycles. The highest BCUT2D eigenvalue weighted by atomic mass is 14.8. The lowest BCUT2D eigenvalue weighted by Gasteiger charge is -2.20. The fourth-order valence-electron chi connectivity index (χ4n) is 12.3. The molecule has 0 radical (unpaired) electrons. The molecule has 15 rings (SSSR count). The molecule has 0 saturated carbocycles. The van der Waals surface area contributed by atoms with E-state index in [4.69, 9.17) is 21.5 Å². The van der Waals surface area contributed by atoms with E-state index in [-0.39, 0.29) is 0 Å². The van der Waals surface area contributed by atoms with Gasteiger partial charge in [-0.15, -0.1) is 0 Å². The minimum atomic E-state index is 0.859. The van der Waals surface area contributed by atoms with Crippen LogP contribution < -0.4 is 0 Å². The van der Waals surface area contributed by atoms with Crippen molar-refractivity contribution in [3.8, 4) is 44.5 Å². The van der Waals surface area contributed by atoms with Crippen LogP contribution in [0.3, 0.4) is 0 Å². The van der Waals surface area contributed by atoms with Gasteiger partial charge in [-0.3, -0.25) is 15.0 Å². The number of aromatic nitrogens is 2. The van der Waals surface area contributed by atoms with E-state index in [2.05, 4.69) is 250 Å². The summed E-state index contributed by atoms with van der Waals surface area (Å²) in [5, 5.41) is 17.0. The predicted octanol–water partition coefficient (Wildman–Crippen LogP) is 20.6. The molecule has 0 fully saturated rings. The van der Waals surface area contributed by atoms with Crippen LogP contribution in [0.15, 0.2) is 279 Å². The van der Waals surface area contributed by atoms with Crippen molar-refractivity contribution in [2.24, 2.45) is 4.99 Å². The fraction of sp³-hybridized carbons (Fsp3) is 0.0132. The maximum Gasteiger partial charge on any atom is 0.0790 e. The summed E-state index contributed by atoms with van der Waals surface area (Å²) in [5.41, 5.74) is 16.3. The van der Waals surface area contributed by atoms with E-state index < -0.39 is 0 Å². The molecule has 0 saturated heterocycles. The maximum atomic E-state index is 5.79. The highest BCUT2D eigenvalue weighted by Crippen LogP contribution is 2.46. The number of benzene rings is 13. The van der Waals surface area contributed by atoms with Crippen molar-refractivity contribution in [3.63, 3.8) is 0 Å². The van der Waals surface area contributed by atoms with Crippen molar-refractivity contribution in [1.82, 2.24) is 9.97 Å². The lowest BCUT2D eigenvalue weighted by atomic mass is 9.86. The van der Waals surface area contributed by atoms with Crippen LogP contribution in [0.25, 0.3) is 137 Å². The van der Waals surface area contributed by atoms with Crippen LogP contribution in [0.2, 0.25) is 0 Å². The Balaban J connectivity index is 0.974. The molecule has 13 aromatic carbocycles.